The smallest absolute Gasteiger partial charge is 0.239 e. The first-order chi connectivity index (χ1) is 9.13. The molecule has 20 heavy (non-hydrogen) atoms. The van der Waals surface area contributed by atoms with Gasteiger partial charge in [0.2, 0.25) is 5.91 Å². The summed E-state index contributed by atoms with van der Waals surface area (Å²) >= 11 is 0. The molecule has 1 aromatic rings. The molecule has 2 heterocycles. The van der Waals surface area contributed by atoms with Gasteiger partial charge in [-0.2, -0.15) is 0 Å². The van der Waals surface area contributed by atoms with Crippen LogP contribution >= 0.6 is 12.4 Å². The molecule has 114 valence electrons. The molecule has 0 atom stereocenters. The molecule has 1 saturated heterocycles. The van der Waals surface area contributed by atoms with Crippen LogP contribution in [0.15, 0.2) is 10.6 Å². The van der Waals surface area contributed by atoms with E-state index in [9.17, 15) is 4.79 Å². The molecule has 0 aromatic carbocycles. The van der Waals surface area contributed by atoms with E-state index in [2.05, 4.69) is 20.7 Å². The van der Waals surface area contributed by atoms with E-state index < -0.39 is 0 Å². The standard InChI is InChI=1S/C13H22N4O2.ClH/c1-10-7-12(16-19-10)15-13(18)9-17(2)8-11-3-5-14-6-4-11;/h7,11,14H,3-6,8-9H2,1-2H3,(H,15,16,18);1H. The molecule has 0 spiro atoms. The van der Waals surface area contributed by atoms with Gasteiger partial charge < -0.3 is 15.2 Å². The van der Waals surface area contributed by atoms with E-state index in [1.807, 2.05) is 7.05 Å². The van der Waals surface area contributed by atoms with Crippen LogP contribution in [0.25, 0.3) is 0 Å². The van der Waals surface area contributed by atoms with E-state index >= 15 is 0 Å². The molecule has 2 N–H and O–H groups in total. The highest BCUT2D eigenvalue weighted by Crippen LogP contribution is 2.12. The number of nitrogens with one attached hydrogen (secondary N) is 2. The summed E-state index contributed by atoms with van der Waals surface area (Å²) in [6.45, 7) is 5.32. The minimum Gasteiger partial charge on any atom is -0.360 e. The molecule has 0 aliphatic carbocycles. The number of hydrogen-bond donors (Lipinski definition) is 2. The number of likely N-dealkylation sites (N-methyl/N-ethyl adjacent to an activating group) is 1. The number of aryl methyl sites for hydroxylation is 1. The van der Waals surface area contributed by atoms with Crippen molar-refractivity contribution in [3.63, 3.8) is 0 Å². The summed E-state index contributed by atoms with van der Waals surface area (Å²) in [4.78, 5) is 13.9. The molecule has 2 rings (SSSR count). The Balaban J connectivity index is 0.00000200. The maximum absolute atomic E-state index is 11.8. The van der Waals surface area contributed by atoms with Gasteiger partial charge in [-0.25, -0.2) is 0 Å². The Morgan fingerprint density at radius 3 is 2.85 bits per heavy atom. The molecule has 1 amide bonds. The predicted molar refractivity (Wildman–Crippen MR) is 80.2 cm³/mol. The van der Waals surface area contributed by atoms with Crippen LogP contribution in [0.2, 0.25) is 0 Å². The fraction of sp³-hybridized carbons (Fsp3) is 0.692. The number of hydrogen-bond acceptors (Lipinski definition) is 5. The summed E-state index contributed by atoms with van der Waals surface area (Å²) in [6, 6.07) is 1.71. The first-order valence-corrected chi connectivity index (χ1v) is 6.76. The van der Waals surface area contributed by atoms with Crippen molar-refractivity contribution in [1.29, 1.82) is 0 Å². The van der Waals surface area contributed by atoms with Crippen molar-refractivity contribution in [2.24, 2.45) is 5.92 Å². The third kappa shape index (κ3) is 5.48. The molecular formula is C13H23ClN4O2. The van der Waals surface area contributed by atoms with Crippen molar-refractivity contribution < 1.29 is 9.32 Å². The molecule has 6 nitrogen and oxygen atoms in total. The Labute approximate surface area is 125 Å². The summed E-state index contributed by atoms with van der Waals surface area (Å²) in [5.74, 6) is 1.81. The minimum atomic E-state index is -0.0512. The molecule has 0 saturated carbocycles. The van der Waals surface area contributed by atoms with Gasteiger partial charge in [-0.05, 0) is 45.8 Å². The molecule has 1 aliphatic heterocycles. The largest absolute Gasteiger partial charge is 0.360 e. The average molecular weight is 303 g/mol. The van der Waals surface area contributed by atoms with Crippen molar-refractivity contribution in [3.8, 4) is 0 Å². The van der Waals surface area contributed by atoms with Crippen LogP contribution < -0.4 is 10.6 Å². The third-order valence-electron chi connectivity index (χ3n) is 3.34. The van der Waals surface area contributed by atoms with Crippen LogP contribution in [0, 0.1) is 12.8 Å². The Morgan fingerprint density at radius 1 is 1.55 bits per heavy atom. The average Bonchev–Trinajstić information content (AvgIpc) is 2.75. The zero-order valence-corrected chi connectivity index (χ0v) is 12.8. The number of halogens is 1. The van der Waals surface area contributed by atoms with Crippen LogP contribution in [0.1, 0.15) is 18.6 Å². The Bertz CT molecular complexity index is 418. The molecule has 0 radical (unpaired) electrons. The Kier molecular flexibility index (Phi) is 6.98. The normalized spacial score (nSPS) is 15.9. The van der Waals surface area contributed by atoms with Gasteiger partial charge in [0.1, 0.15) is 5.76 Å². The van der Waals surface area contributed by atoms with E-state index in [-0.39, 0.29) is 18.3 Å². The zero-order chi connectivity index (χ0) is 13.7. The lowest BCUT2D eigenvalue weighted by Gasteiger charge is -2.27. The first-order valence-electron chi connectivity index (χ1n) is 6.76. The maximum atomic E-state index is 11.8. The maximum Gasteiger partial charge on any atom is 0.239 e. The number of anilines is 1. The molecule has 7 heteroatoms. The van der Waals surface area contributed by atoms with Gasteiger partial charge in [0.25, 0.3) is 0 Å². The van der Waals surface area contributed by atoms with E-state index in [0.29, 0.717) is 24.0 Å². The van der Waals surface area contributed by atoms with E-state index in [1.165, 1.54) is 12.8 Å². The molecule has 0 unspecified atom stereocenters. The van der Waals surface area contributed by atoms with Gasteiger partial charge in [0.05, 0.1) is 6.54 Å². The number of piperidine rings is 1. The second-order valence-corrected chi connectivity index (χ2v) is 5.26. The lowest BCUT2D eigenvalue weighted by atomic mass is 9.98. The van der Waals surface area contributed by atoms with Gasteiger partial charge in [-0.3, -0.25) is 9.69 Å². The second kappa shape index (κ2) is 8.24. The second-order valence-electron chi connectivity index (χ2n) is 5.26. The van der Waals surface area contributed by atoms with Gasteiger partial charge in [-0.1, -0.05) is 5.16 Å². The fourth-order valence-corrected chi connectivity index (χ4v) is 2.42. The molecule has 1 aliphatic rings. The highest BCUT2D eigenvalue weighted by atomic mass is 35.5. The first kappa shape index (κ1) is 16.9. The summed E-state index contributed by atoms with van der Waals surface area (Å²) in [7, 11) is 1.98. The lowest BCUT2D eigenvalue weighted by Crippen LogP contribution is -2.37. The predicted octanol–water partition coefficient (Wildman–Crippen LogP) is 1.27. The van der Waals surface area contributed by atoms with Gasteiger partial charge in [0, 0.05) is 12.6 Å². The molecule has 0 bridgehead atoms. The van der Waals surface area contributed by atoms with Crippen molar-refractivity contribution in [2.45, 2.75) is 19.8 Å². The van der Waals surface area contributed by atoms with E-state index in [0.717, 1.165) is 19.6 Å². The summed E-state index contributed by atoms with van der Waals surface area (Å²) in [6.07, 6.45) is 2.38. The van der Waals surface area contributed by atoms with Gasteiger partial charge >= 0.3 is 0 Å². The van der Waals surface area contributed by atoms with Crippen molar-refractivity contribution in [2.75, 3.05) is 38.5 Å². The van der Waals surface area contributed by atoms with Crippen molar-refractivity contribution in [1.82, 2.24) is 15.4 Å². The number of amides is 1. The number of aromatic nitrogens is 1. The van der Waals surface area contributed by atoms with Gasteiger partial charge in [-0.15, -0.1) is 12.4 Å². The lowest BCUT2D eigenvalue weighted by molar-refractivity contribution is -0.117. The number of carbonyl (C=O) groups is 1. The van der Waals surface area contributed by atoms with E-state index in [4.69, 9.17) is 4.52 Å². The highest BCUT2D eigenvalue weighted by Gasteiger charge is 2.16. The summed E-state index contributed by atoms with van der Waals surface area (Å²) in [5.41, 5.74) is 0. The minimum absolute atomic E-state index is 0. The topological polar surface area (TPSA) is 70.4 Å². The highest BCUT2D eigenvalue weighted by molar-refractivity contribution is 5.91. The summed E-state index contributed by atoms with van der Waals surface area (Å²) in [5, 5.41) is 9.83. The number of nitrogens with zero attached hydrogens (tertiary/aromatic N) is 2. The third-order valence-corrected chi connectivity index (χ3v) is 3.34. The number of rotatable bonds is 5. The Morgan fingerprint density at radius 2 is 2.25 bits per heavy atom. The SMILES string of the molecule is Cc1cc(NC(=O)CN(C)CC2CCNCC2)no1.Cl. The Hall–Kier alpha value is -1.11. The quantitative estimate of drug-likeness (QED) is 0.857. The van der Waals surface area contributed by atoms with Crippen LogP contribution in [0.4, 0.5) is 5.82 Å². The van der Waals surface area contributed by atoms with Crippen LogP contribution in [0.5, 0.6) is 0 Å². The van der Waals surface area contributed by atoms with Gasteiger partial charge in [0.15, 0.2) is 5.82 Å². The van der Waals surface area contributed by atoms with Crippen molar-refractivity contribution >= 4 is 24.1 Å². The van der Waals surface area contributed by atoms with Crippen LogP contribution in [-0.4, -0.2) is 49.2 Å². The van der Waals surface area contributed by atoms with Crippen LogP contribution in [0.3, 0.4) is 0 Å². The molecule has 1 aromatic heterocycles. The van der Waals surface area contributed by atoms with E-state index in [1.54, 1.807) is 13.0 Å². The molecular weight excluding hydrogens is 280 g/mol. The summed E-state index contributed by atoms with van der Waals surface area (Å²) < 4.78 is 4.91. The number of carbonyl (C=O) groups excluding carboxylic acids is 1. The van der Waals surface area contributed by atoms with Crippen molar-refractivity contribution in [3.05, 3.63) is 11.8 Å². The molecule has 1 fully saturated rings. The monoisotopic (exact) mass is 302 g/mol. The van der Waals surface area contributed by atoms with Crippen LogP contribution in [-0.2, 0) is 4.79 Å². The zero-order valence-electron chi connectivity index (χ0n) is 12.0. The fourth-order valence-electron chi connectivity index (χ4n) is 2.42.